The lowest BCUT2D eigenvalue weighted by Gasteiger charge is -2.13. The zero-order valence-corrected chi connectivity index (χ0v) is 18.5. The van der Waals surface area contributed by atoms with Crippen LogP contribution in [0.25, 0.3) is 0 Å². The minimum absolute atomic E-state index is 0.114. The molecule has 2 aromatic heterocycles. The van der Waals surface area contributed by atoms with Gasteiger partial charge in [-0.1, -0.05) is 40.9 Å². The summed E-state index contributed by atoms with van der Waals surface area (Å²) in [4.78, 5) is 23.4. The first-order valence-corrected chi connectivity index (χ1v) is 9.89. The molecule has 30 heavy (non-hydrogen) atoms. The number of nitrogens with one attached hydrogen (secondary N) is 1. The van der Waals surface area contributed by atoms with Crippen LogP contribution in [0.4, 0.5) is 11.5 Å². The van der Waals surface area contributed by atoms with Gasteiger partial charge in [-0.05, 0) is 38.5 Å². The molecule has 1 N–H and O–H groups in total. The molecular weight excluding hydrogens is 455 g/mol. The summed E-state index contributed by atoms with van der Waals surface area (Å²) in [6.45, 7) is 4.97. The van der Waals surface area contributed by atoms with E-state index in [0.717, 1.165) is 5.56 Å². The van der Waals surface area contributed by atoms with Gasteiger partial charge in [0.25, 0.3) is 0 Å². The van der Waals surface area contributed by atoms with E-state index in [0.29, 0.717) is 16.6 Å². The molecule has 0 aliphatic rings. The van der Waals surface area contributed by atoms with Crippen molar-refractivity contribution in [2.75, 3.05) is 5.32 Å². The van der Waals surface area contributed by atoms with Gasteiger partial charge in [0.05, 0.1) is 11.5 Å². The van der Waals surface area contributed by atoms with E-state index in [2.05, 4.69) is 15.5 Å². The highest BCUT2D eigenvalue weighted by atomic mass is 35.5. The van der Waals surface area contributed by atoms with Gasteiger partial charge in [0.2, 0.25) is 5.91 Å². The van der Waals surface area contributed by atoms with Gasteiger partial charge in [-0.25, -0.2) is 0 Å². The number of nitro groups is 1. The van der Waals surface area contributed by atoms with Crippen LogP contribution < -0.4 is 5.32 Å². The van der Waals surface area contributed by atoms with Gasteiger partial charge < -0.3 is 5.32 Å². The standard InChI is InChI=1S/C18H17Cl3N6O3/c1-9-16(27(29)30)10(2)26(23-9)11(3)18(28)22-17-15(21)8-25(24-17)7-12-4-5-13(19)6-14(12)20/h4-6,8,11H,7H2,1-3H3,(H,22,24,28). The van der Waals surface area contributed by atoms with Crippen LogP contribution in [-0.4, -0.2) is 30.4 Å². The van der Waals surface area contributed by atoms with Gasteiger partial charge in [-0.3, -0.25) is 24.3 Å². The van der Waals surface area contributed by atoms with Crippen molar-refractivity contribution < 1.29 is 9.72 Å². The quantitative estimate of drug-likeness (QED) is 0.410. The molecule has 1 unspecified atom stereocenters. The number of carbonyl (C=O) groups excluding carboxylic acids is 1. The molecule has 0 fully saturated rings. The first kappa shape index (κ1) is 22.1. The van der Waals surface area contributed by atoms with Crippen molar-refractivity contribution in [2.24, 2.45) is 0 Å². The molecule has 3 rings (SSSR count). The number of hydrogen-bond acceptors (Lipinski definition) is 5. The summed E-state index contributed by atoms with van der Waals surface area (Å²) in [6.07, 6.45) is 1.56. The van der Waals surface area contributed by atoms with Crippen molar-refractivity contribution in [1.82, 2.24) is 19.6 Å². The first-order valence-electron chi connectivity index (χ1n) is 8.76. The van der Waals surface area contributed by atoms with Crippen molar-refractivity contribution in [3.63, 3.8) is 0 Å². The van der Waals surface area contributed by atoms with Crippen molar-refractivity contribution >= 4 is 52.2 Å². The number of carbonyl (C=O) groups is 1. The van der Waals surface area contributed by atoms with Gasteiger partial charge in [0.1, 0.15) is 22.5 Å². The normalized spacial score (nSPS) is 12.1. The van der Waals surface area contributed by atoms with Gasteiger partial charge in [0, 0.05) is 16.2 Å². The predicted molar refractivity (Wildman–Crippen MR) is 114 cm³/mol. The zero-order valence-electron chi connectivity index (χ0n) is 16.2. The van der Waals surface area contributed by atoms with Gasteiger partial charge in [-0.15, -0.1) is 0 Å². The smallest absolute Gasteiger partial charge is 0.306 e. The molecule has 0 aliphatic heterocycles. The fourth-order valence-electron chi connectivity index (χ4n) is 3.01. The van der Waals surface area contributed by atoms with Crippen LogP contribution in [0.3, 0.4) is 0 Å². The second kappa shape index (κ2) is 8.63. The Morgan fingerprint density at radius 1 is 1.23 bits per heavy atom. The number of halogens is 3. The van der Waals surface area contributed by atoms with Crippen LogP contribution in [0.1, 0.15) is 29.9 Å². The highest BCUT2D eigenvalue weighted by molar-refractivity contribution is 6.35. The van der Waals surface area contributed by atoms with E-state index in [1.54, 1.807) is 38.2 Å². The molecule has 0 aliphatic carbocycles. The molecule has 1 atom stereocenters. The fourth-order valence-corrected chi connectivity index (χ4v) is 3.68. The van der Waals surface area contributed by atoms with Crippen LogP contribution in [0.5, 0.6) is 0 Å². The Morgan fingerprint density at radius 3 is 2.53 bits per heavy atom. The van der Waals surface area contributed by atoms with Gasteiger partial charge in [-0.2, -0.15) is 10.2 Å². The van der Waals surface area contributed by atoms with Gasteiger partial charge in [0.15, 0.2) is 5.82 Å². The van der Waals surface area contributed by atoms with Crippen LogP contribution >= 0.6 is 34.8 Å². The maximum atomic E-state index is 12.7. The van der Waals surface area contributed by atoms with Crippen LogP contribution in [0.15, 0.2) is 24.4 Å². The Morgan fingerprint density at radius 2 is 1.93 bits per heavy atom. The molecule has 2 heterocycles. The summed E-state index contributed by atoms with van der Waals surface area (Å²) < 4.78 is 2.84. The largest absolute Gasteiger partial charge is 0.312 e. The number of aryl methyl sites for hydroxylation is 1. The van der Waals surface area contributed by atoms with E-state index in [9.17, 15) is 14.9 Å². The maximum Gasteiger partial charge on any atom is 0.312 e. The Hall–Kier alpha value is -2.62. The number of hydrogen-bond donors (Lipinski definition) is 1. The van der Waals surface area contributed by atoms with Crippen LogP contribution in [0, 0.1) is 24.0 Å². The molecule has 0 spiro atoms. The van der Waals surface area contributed by atoms with E-state index >= 15 is 0 Å². The SMILES string of the molecule is Cc1nn(C(C)C(=O)Nc2nn(Cc3ccc(Cl)cc3Cl)cc2Cl)c(C)c1[N+](=O)[O-]. The summed E-state index contributed by atoms with van der Waals surface area (Å²) in [5.41, 5.74) is 1.19. The molecule has 0 saturated carbocycles. The molecule has 12 heteroatoms. The van der Waals surface area contributed by atoms with E-state index in [1.165, 1.54) is 16.3 Å². The second-order valence-corrected chi connectivity index (χ2v) is 7.90. The average Bonchev–Trinajstić information content (AvgIpc) is 3.15. The molecular formula is C18H17Cl3N6O3. The van der Waals surface area contributed by atoms with Crippen molar-refractivity contribution in [1.29, 1.82) is 0 Å². The molecule has 0 bridgehead atoms. The van der Waals surface area contributed by atoms with Crippen molar-refractivity contribution in [3.05, 3.63) is 66.5 Å². The van der Waals surface area contributed by atoms with Gasteiger partial charge >= 0.3 is 5.69 Å². The van der Waals surface area contributed by atoms with E-state index in [-0.39, 0.29) is 27.9 Å². The summed E-state index contributed by atoms with van der Waals surface area (Å²) >= 11 is 18.3. The number of benzene rings is 1. The van der Waals surface area contributed by atoms with E-state index in [1.807, 2.05) is 0 Å². The fraction of sp³-hybridized carbons (Fsp3) is 0.278. The summed E-state index contributed by atoms with van der Waals surface area (Å²) in [5.74, 6) is -0.304. The maximum absolute atomic E-state index is 12.7. The topological polar surface area (TPSA) is 108 Å². The Bertz CT molecular complexity index is 1140. The average molecular weight is 472 g/mol. The van der Waals surface area contributed by atoms with E-state index in [4.69, 9.17) is 34.8 Å². The molecule has 9 nitrogen and oxygen atoms in total. The molecule has 0 saturated heterocycles. The lowest BCUT2D eigenvalue weighted by molar-refractivity contribution is -0.386. The number of nitrogens with zero attached hydrogens (tertiary/aromatic N) is 5. The first-order chi connectivity index (χ1) is 14.1. The Labute approximate surface area is 186 Å². The lowest BCUT2D eigenvalue weighted by Crippen LogP contribution is -2.25. The highest BCUT2D eigenvalue weighted by Gasteiger charge is 2.27. The third kappa shape index (κ3) is 4.43. The summed E-state index contributed by atoms with van der Waals surface area (Å²) in [6, 6.07) is 4.30. The minimum Gasteiger partial charge on any atom is -0.306 e. The lowest BCUT2D eigenvalue weighted by atomic mass is 10.2. The summed E-state index contributed by atoms with van der Waals surface area (Å²) in [7, 11) is 0. The Kier molecular flexibility index (Phi) is 6.35. The van der Waals surface area contributed by atoms with E-state index < -0.39 is 16.9 Å². The van der Waals surface area contributed by atoms with Crippen molar-refractivity contribution in [2.45, 2.75) is 33.4 Å². The number of rotatable bonds is 6. The monoisotopic (exact) mass is 470 g/mol. The minimum atomic E-state index is -0.815. The number of aromatic nitrogens is 4. The molecule has 1 aromatic carbocycles. The third-order valence-electron chi connectivity index (χ3n) is 4.52. The van der Waals surface area contributed by atoms with Crippen LogP contribution in [-0.2, 0) is 11.3 Å². The Balaban J connectivity index is 1.77. The third-order valence-corrected chi connectivity index (χ3v) is 5.39. The molecule has 0 radical (unpaired) electrons. The molecule has 1 amide bonds. The molecule has 158 valence electrons. The zero-order chi connectivity index (χ0) is 22.2. The number of amides is 1. The summed E-state index contributed by atoms with van der Waals surface area (Å²) in [5, 5.41) is 23.5. The second-order valence-electron chi connectivity index (χ2n) is 6.65. The van der Waals surface area contributed by atoms with Crippen LogP contribution in [0.2, 0.25) is 15.1 Å². The molecule has 3 aromatic rings. The predicted octanol–water partition coefficient (Wildman–Crippen LogP) is 4.81. The number of anilines is 1. The van der Waals surface area contributed by atoms with Crippen molar-refractivity contribution in [3.8, 4) is 0 Å². The highest BCUT2D eigenvalue weighted by Crippen LogP contribution is 2.27.